The summed E-state index contributed by atoms with van der Waals surface area (Å²) in [7, 11) is 1.41. The topological polar surface area (TPSA) is 64.4 Å². The summed E-state index contributed by atoms with van der Waals surface area (Å²) < 4.78 is 5.78. The minimum absolute atomic E-state index is 0.0503. The summed E-state index contributed by atoms with van der Waals surface area (Å²) >= 11 is 9.33. The molecule has 0 heterocycles. The molecule has 5 nitrogen and oxygen atoms in total. The Labute approximate surface area is 135 Å². The molecule has 0 saturated carbocycles. The molecular formula is C14H12BrClN2O3. The Morgan fingerprint density at radius 2 is 2.10 bits per heavy atom. The highest BCUT2D eigenvalue weighted by atomic mass is 79.9. The highest BCUT2D eigenvalue weighted by molar-refractivity contribution is 9.10. The van der Waals surface area contributed by atoms with E-state index >= 15 is 0 Å². The lowest BCUT2D eigenvalue weighted by Crippen LogP contribution is -2.01. The second kappa shape index (κ2) is 6.78. The predicted molar refractivity (Wildman–Crippen MR) is 86.1 cm³/mol. The Hall–Kier alpha value is -1.79. The Bertz CT molecular complexity index is 679. The van der Waals surface area contributed by atoms with E-state index < -0.39 is 4.92 Å². The number of hydrogen-bond donors (Lipinski definition) is 1. The molecule has 21 heavy (non-hydrogen) atoms. The molecule has 0 fully saturated rings. The third kappa shape index (κ3) is 3.86. The molecule has 110 valence electrons. The van der Waals surface area contributed by atoms with Crippen LogP contribution in [0.2, 0.25) is 5.02 Å². The average molecular weight is 372 g/mol. The van der Waals surface area contributed by atoms with Gasteiger partial charge in [0.25, 0.3) is 0 Å². The van der Waals surface area contributed by atoms with Gasteiger partial charge in [-0.2, -0.15) is 0 Å². The molecule has 0 aliphatic rings. The molecule has 2 rings (SSSR count). The van der Waals surface area contributed by atoms with Crippen LogP contribution in [0.1, 0.15) is 5.56 Å². The monoisotopic (exact) mass is 370 g/mol. The third-order valence-electron chi connectivity index (χ3n) is 2.86. The Kier molecular flexibility index (Phi) is 5.03. The lowest BCUT2D eigenvalue weighted by Gasteiger charge is -2.09. The second-order valence-corrected chi connectivity index (χ2v) is 5.51. The van der Waals surface area contributed by atoms with E-state index in [-0.39, 0.29) is 11.4 Å². The van der Waals surface area contributed by atoms with Crippen molar-refractivity contribution in [2.24, 2.45) is 0 Å². The fourth-order valence-electron chi connectivity index (χ4n) is 1.80. The minimum atomic E-state index is -0.459. The highest BCUT2D eigenvalue weighted by Crippen LogP contribution is 2.29. The number of nitro benzene ring substituents is 1. The number of anilines is 1. The van der Waals surface area contributed by atoms with Crippen molar-refractivity contribution in [3.05, 3.63) is 61.6 Å². The molecule has 0 aliphatic carbocycles. The van der Waals surface area contributed by atoms with Gasteiger partial charge in [0.15, 0.2) is 5.75 Å². The molecular weight excluding hydrogens is 360 g/mol. The molecule has 0 bridgehead atoms. The molecule has 0 saturated heterocycles. The van der Waals surface area contributed by atoms with E-state index in [0.29, 0.717) is 11.6 Å². The molecule has 0 aromatic heterocycles. The summed E-state index contributed by atoms with van der Waals surface area (Å²) in [5.74, 6) is 0.246. The first-order valence-electron chi connectivity index (χ1n) is 6.01. The fraction of sp³-hybridized carbons (Fsp3) is 0.143. The van der Waals surface area contributed by atoms with Crippen molar-refractivity contribution in [2.45, 2.75) is 6.54 Å². The Morgan fingerprint density at radius 1 is 1.33 bits per heavy atom. The summed E-state index contributed by atoms with van der Waals surface area (Å²) in [6, 6.07) is 10.3. The van der Waals surface area contributed by atoms with Gasteiger partial charge in [0, 0.05) is 22.8 Å². The molecule has 0 aliphatic heterocycles. The van der Waals surface area contributed by atoms with E-state index in [4.69, 9.17) is 16.3 Å². The second-order valence-electron chi connectivity index (χ2n) is 4.25. The lowest BCUT2D eigenvalue weighted by atomic mass is 10.2. The maximum Gasteiger partial charge on any atom is 0.311 e. The van der Waals surface area contributed by atoms with Gasteiger partial charge in [-0.1, -0.05) is 17.7 Å². The average Bonchev–Trinajstić information content (AvgIpc) is 2.48. The van der Waals surface area contributed by atoms with Crippen LogP contribution >= 0.6 is 27.5 Å². The predicted octanol–water partition coefficient (Wildman–Crippen LogP) is 4.63. The van der Waals surface area contributed by atoms with Crippen molar-refractivity contribution in [1.29, 1.82) is 0 Å². The maximum absolute atomic E-state index is 11.0. The first-order valence-corrected chi connectivity index (χ1v) is 7.18. The number of hydrogen-bond acceptors (Lipinski definition) is 4. The van der Waals surface area contributed by atoms with Gasteiger partial charge < -0.3 is 10.1 Å². The number of rotatable bonds is 5. The summed E-state index contributed by atoms with van der Waals surface area (Å²) in [5.41, 5.74) is 1.56. The van der Waals surface area contributed by atoms with Gasteiger partial charge in [0.1, 0.15) is 0 Å². The molecule has 0 radical (unpaired) electrons. The Morgan fingerprint density at radius 3 is 2.71 bits per heavy atom. The fourth-order valence-corrected chi connectivity index (χ4v) is 2.23. The zero-order valence-corrected chi connectivity index (χ0v) is 13.4. The molecule has 0 atom stereocenters. The molecule has 0 unspecified atom stereocenters. The van der Waals surface area contributed by atoms with E-state index in [1.807, 2.05) is 12.1 Å². The quantitative estimate of drug-likeness (QED) is 0.614. The van der Waals surface area contributed by atoms with Gasteiger partial charge >= 0.3 is 5.69 Å². The van der Waals surface area contributed by atoms with Crippen molar-refractivity contribution >= 4 is 38.9 Å². The summed E-state index contributed by atoms with van der Waals surface area (Å²) in [4.78, 5) is 10.5. The van der Waals surface area contributed by atoms with Crippen LogP contribution in [0.5, 0.6) is 5.75 Å². The van der Waals surface area contributed by atoms with Crippen molar-refractivity contribution < 1.29 is 9.66 Å². The summed E-state index contributed by atoms with van der Waals surface area (Å²) in [5, 5.41) is 14.7. The van der Waals surface area contributed by atoms with Gasteiger partial charge in [-0.15, -0.1) is 0 Å². The zero-order chi connectivity index (χ0) is 15.4. The van der Waals surface area contributed by atoms with Crippen LogP contribution in [-0.2, 0) is 6.54 Å². The highest BCUT2D eigenvalue weighted by Gasteiger charge is 2.14. The van der Waals surface area contributed by atoms with Gasteiger partial charge in [0.2, 0.25) is 0 Å². The number of benzene rings is 2. The van der Waals surface area contributed by atoms with E-state index in [0.717, 1.165) is 15.7 Å². The van der Waals surface area contributed by atoms with E-state index in [1.165, 1.54) is 13.2 Å². The summed E-state index contributed by atoms with van der Waals surface area (Å²) in [6.45, 7) is 0.447. The molecule has 1 N–H and O–H groups in total. The first-order chi connectivity index (χ1) is 10.0. The number of nitro groups is 1. The van der Waals surface area contributed by atoms with Gasteiger partial charge in [-0.25, -0.2) is 0 Å². The van der Waals surface area contributed by atoms with Crippen LogP contribution in [0, 0.1) is 10.1 Å². The number of nitrogens with one attached hydrogen (secondary N) is 1. The third-order valence-corrected chi connectivity index (χ3v) is 4.09. The van der Waals surface area contributed by atoms with Crippen molar-refractivity contribution in [1.82, 2.24) is 0 Å². The van der Waals surface area contributed by atoms with Crippen LogP contribution in [0.15, 0.2) is 40.9 Å². The number of nitrogens with zero attached hydrogens (tertiary/aromatic N) is 1. The standard InChI is InChI=1S/C14H12BrClN2O3/c1-21-14-5-2-9(6-13(14)18(19)20)8-17-10-3-4-11(15)12(16)7-10/h2-7,17H,8H2,1H3. The van der Waals surface area contributed by atoms with Crippen LogP contribution < -0.4 is 10.1 Å². The van der Waals surface area contributed by atoms with Crippen molar-refractivity contribution in [2.75, 3.05) is 12.4 Å². The largest absolute Gasteiger partial charge is 0.490 e. The van der Waals surface area contributed by atoms with Gasteiger partial charge in [-0.3, -0.25) is 10.1 Å². The van der Waals surface area contributed by atoms with Crippen LogP contribution in [0.3, 0.4) is 0 Å². The van der Waals surface area contributed by atoms with E-state index in [2.05, 4.69) is 21.2 Å². The molecule has 0 spiro atoms. The summed E-state index contributed by atoms with van der Waals surface area (Å²) in [6.07, 6.45) is 0. The molecule has 2 aromatic rings. The maximum atomic E-state index is 11.0. The number of ether oxygens (including phenoxy) is 1. The van der Waals surface area contributed by atoms with Gasteiger partial charge in [-0.05, 0) is 45.8 Å². The first kappa shape index (κ1) is 15.6. The molecule has 2 aromatic carbocycles. The number of halogens is 2. The number of methoxy groups -OCH3 is 1. The minimum Gasteiger partial charge on any atom is -0.490 e. The molecule has 0 amide bonds. The smallest absolute Gasteiger partial charge is 0.311 e. The van der Waals surface area contributed by atoms with Crippen LogP contribution in [0.4, 0.5) is 11.4 Å². The Balaban J connectivity index is 2.14. The van der Waals surface area contributed by atoms with E-state index in [9.17, 15) is 10.1 Å². The normalized spacial score (nSPS) is 10.2. The van der Waals surface area contributed by atoms with E-state index in [1.54, 1.807) is 18.2 Å². The zero-order valence-electron chi connectivity index (χ0n) is 11.1. The lowest BCUT2D eigenvalue weighted by molar-refractivity contribution is -0.385. The SMILES string of the molecule is COc1ccc(CNc2ccc(Br)c(Cl)c2)cc1[N+](=O)[O-]. The molecule has 7 heteroatoms. The van der Waals surface area contributed by atoms with Crippen LogP contribution in [-0.4, -0.2) is 12.0 Å². The van der Waals surface area contributed by atoms with Crippen molar-refractivity contribution in [3.63, 3.8) is 0 Å². The van der Waals surface area contributed by atoms with Gasteiger partial charge in [0.05, 0.1) is 17.1 Å². The van der Waals surface area contributed by atoms with Crippen LogP contribution in [0.25, 0.3) is 0 Å². The van der Waals surface area contributed by atoms with Crippen molar-refractivity contribution in [3.8, 4) is 5.75 Å².